The van der Waals surface area contributed by atoms with Gasteiger partial charge in [-0.3, -0.25) is 4.79 Å². The Balaban J connectivity index is 1.48. The zero-order valence-electron chi connectivity index (χ0n) is 12.7. The number of carbonyl (C=O) groups excluding carboxylic acids is 1. The summed E-state index contributed by atoms with van der Waals surface area (Å²) < 4.78 is 1.68. The maximum absolute atomic E-state index is 12.4. The van der Waals surface area contributed by atoms with Crippen molar-refractivity contribution in [1.29, 1.82) is 0 Å². The largest absolute Gasteiger partial charge is 0.342 e. The highest BCUT2D eigenvalue weighted by molar-refractivity contribution is 5.76. The molecule has 2 aliphatic heterocycles. The quantitative estimate of drug-likeness (QED) is 0.803. The second kappa shape index (κ2) is 6.09. The molecule has 7 nitrogen and oxygen atoms in total. The third-order valence-corrected chi connectivity index (χ3v) is 4.81. The Morgan fingerprint density at radius 2 is 2.19 bits per heavy atom. The minimum atomic E-state index is 0.289. The van der Waals surface area contributed by atoms with Crippen LogP contribution in [0.25, 0.3) is 0 Å². The molecule has 1 aromatic heterocycles. The Morgan fingerprint density at radius 1 is 1.29 bits per heavy atom. The number of hydrogen-bond donors (Lipinski definition) is 0. The minimum Gasteiger partial charge on any atom is -0.342 e. The number of tetrazole rings is 1. The fraction of sp³-hybridized carbons (Fsp3) is 0.857. The molecule has 1 spiro atoms. The first-order chi connectivity index (χ1) is 10.2. The molecular formula is C14H24N6O. The summed E-state index contributed by atoms with van der Waals surface area (Å²) in [6.07, 6.45) is 6.63. The van der Waals surface area contributed by atoms with Crippen molar-refractivity contribution in [2.75, 3.05) is 33.2 Å². The third kappa shape index (κ3) is 3.40. The fourth-order valence-corrected chi connectivity index (χ4v) is 3.75. The highest BCUT2D eigenvalue weighted by atomic mass is 16.2. The monoisotopic (exact) mass is 292 g/mol. The second-order valence-electron chi connectivity index (χ2n) is 6.58. The summed E-state index contributed by atoms with van der Waals surface area (Å²) in [4.78, 5) is 16.9. The van der Waals surface area contributed by atoms with E-state index in [1.807, 2.05) is 0 Å². The van der Waals surface area contributed by atoms with E-state index < -0.39 is 0 Å². The lowest BCUT2D eigenvalue weighted by atomic mass is 9.79. The summed E-state index contributed by atoms with van der Waals surface area (Å²) in [5, 5.41) is 11.0. The van der Waals surface area contributed by atoms with Crippen LogP contribution in [0.5, 0.6) is 0 Å². The summed E-state index contributed by atoms with van der Waals surface area (Å²) in [6.45, 7) is 4.89. The number of nitrogens with zero attached hydrogens (tertiary/aromatic N) is 6. The van der Waals surface area contributed by atoms with E-state index >= 15 is 0 Å². The summed E-state index contributed by atoms with van der Waals surface area (Å²) in [7, 11) is 2.18. The Labute approximate surface area is 125 Å². The molecule has 0 aromatic carbocycles. The SMILES string of the molecule is CN1CCC2(CCCN(C(=O)CCCn3cnnn3)C2)C1. The molecule has 1 aromatic rings. The van der Waals surface area contributed by atoms with Crippen LogP contribution in [0.4, 0.5) is 0 Å². The number of piperidine rings is 1. The zero-order chi connectivity index (χ0) is 14.7. The first-order valence-corrected chi connectivity index (χ1v) is 7.84. The molecule has 3 rings (SSSR count). The van der Waals surface area contributed by atoms with Gasteiger partial charge in [0.1, 0.15) is 6.33 Å². The van der Waals surface area contributed by atoms with Crippen LogP contribution in [0.15, 0.2) is 6.33 Å². The summed E-state index contributed by atoms with van der Waals surface area (Å²) >= 11 is 0. The van der Waals surface area contributed by atoms with Crippen molar-refractivity contribution in [2.24, 2.45) is 5.41 Å². The van der Waals surface area contributed by atoms with Crippen LogP contribution < -0.4 is 0 Å². The highest BCUT2D eigenvalue weighted by Crippen LogP contribution is 2.38. The highest BCUT2D eigenvalue weighted by Gasteiger charge is 2.41. The molecule has 116 valence electrons. The number of carbonyl (C=O) groups is 1. The summed E-state index contributed by atoms with van der Waals surface area (Å²) in [5.74, 6) is 0.289. The van der Waals surface area contributed by atoms with Crippen LogP contribution in [-0.4, -0.2) is 69.1 Å². The van der Waals surface area contributed by atoms with E-state index in [4.69, 9.17) is 0 Å². The van der Waals surface area contributed by atoms with Gasteiger partial charge in [-0.2, -0.15) is 0 Å². The van der Waals surface area contributed by atoms with Crippen molar-refractivity contribution in [3.8, 4) is 0 Å². The molecule has 0 radical (unpaired) electrons. The van der Waals surface area contributed by atoms with Gasteiger partial charge in [0.15, 0.2) is 0 Å². The Hall–Kier alpha value is -1.50. The third-order valence-electron chi connectivity index (χ3n) is 4.81. The Bertz CT molecular complexity index is 472. The van der Waals surface area contributed by atoms with Crippen molar-refractivity contribution in [3.05, 3.63) is 6.33 Å². The maximum atomic E-state index is 12.4. The van der Waals surface area contributed by atoms with Crippen molar-refractivity contribution >= 4 is 5.91 Å². The average Bonchev–Trinajstić information content (AvgIpc) is 3.10. The van der Waals surface area contributed by atoms with Crippen molar-refractivity contribution < 1.29 is 4.79 Å². The Kier molecular flexibility index (Phi) is 4.19. The van der Waals surface area contributed by atoms with Gasteiger partial charge in [-0.15, -0.1) is 5.10 Å². The molecule has 7 heteroatoms. The molecule has 2 fully saturated rings. The molecule has 1 atom stereocenters. The van der Waals surface area contributed by atoms with Gasteiger partial charge in [-0.1, -0.05) is 0 Å². The molecule has 1 amide bonds. The van der Waals surface area contributed by atoms with Gasteiger partial charge >= 0.3 is 0 Å². The van der Waals surface area contributed by atoms with E-state index in [-0.39, 0.29) is 5.91 Å². The molecule has 0 N–H and O–H groups in total. The molecule has 2 aliphatic rings. The fourth-order valence-electron chi connectivity index (χ4n) is 3.75. The molecule has 2 saturated heterocycles. The first kappa shape index (κ1) is 14.4. The molecular weight excluding hydrogens is 268 g/mol. The van der Waals surface area contributed by atoms with Crippen LogP contribution >= 0.6 is 0 Å². The van der Waals surface area contributed by atoms with Gasteiger partial charge in [-0.25, -0.2) is 4.68 Å². The topological polar surface area (TPSA) is 67.2 Å². The standard InChI is InChI=1S/C14H24N6O/c1-18-9-6-14(10-18)5-3-7-19(11-14)13(21)4-2-8-20-12-15-16-17-20/h12H,2-11H2,1H3. The van der Waals surface area contributed by atoms with E-state index in [1.54, 1.807) is 11.0 Å². The molecule has 0 aliphatic carbocycles. The van der Waals surface area contributed by atoms with E-state index in [0.29, 0.717) is 18.4 Å². The van der Waals surface area contributed by atoms with E-state index in [1.165, 1.54) is 19.4 Å². The predicted octanol–water partition coefficient (Wildman–Crippen LogP) is 0.398. The van der Waals surface area contributed by atoms with Gasteiger partial charge in [0.05, 0.1) is 0 Å². The van der Waals surface area contributed by atoms with Crippen LogP contribution in [0.2, 0.25) is 0 Å². The molecule has 0 bridgehead atoms. The molecule has 3 heterocycles. The van der Waals surface area contributed by atoms with E-state index in [2.05, 4.69) is 32.4 Å². The number of amides is 1. The van der Waals surface area contributed by atoms with E-state index in [0.717, 1.165) is 32.5 Å². The van der Waals surface area contributed by atoms with Gasteiger partial charge < -0.3 is 9.80 Å². The van der Waals surface area contributed by atoms with Crippen LogP contribution in [0.1, 0.15) is 32.1 Å². The molecule has 1 unspecified atom stereocenters. The van der Waals surface area contributed by atoms with Crippen molar-refractivity contribution in [1.82, 2.24) is 30.0 Å². The number of hydrogen-bond acceptors (Lipinski definition) is 5. The number of rotatable bonds is 4. The minimum absolute atomic E-state index is 0.289. The zero-order valence-corrected chi connectivity index (χ0v) is 12.7. The number of aromatic nitrogens is 4. The second-order valence-corrected chi connectivity index (χ2v) is 6.58. The van der Waals surface area contributed by atoms with Gasteiger partial charge in [0.2, 0.25) is 5.91 Å². The Morgan fingerprint density at radius 3 is 2.90 bits per heavy atom. The van der Waals surface area contributed by atoms with Gasteiger partial charge in [0, 0.05) is 38.0 Å². The van der Waals surface area contributed by atoms with Crippen molar-refractivity contribution in [3.63, 3.8) is 0 Å². The summed E-state index contributed by atoms with van der Waals surface area (Å²) in [5.41, 5.74) is 0.360. The smallest absolute Gasteiger partial charge is 0.222 e. The normalized spacial score (nSPS) is 26.6. The number of aryl methyl sites for hydroxylation is 1. The van der Waals surface area contributed by atoms with Crippen LogP contribution in [0.3, 0.4) is 0 Å². The maximum Gasteiger partial charge on any atom is 0.222 e. The summed E-state index contributed by atoms with van der Waals surface area (Å²) in [6, 6.07) is 0. The van der Waals surface area contributed by atoms with Crippen LogP contribution in [-0.2, 0) is 11.3 Å². The van der Waals surface area contributed by atoms with E-state index in [9.17, 15) is 4.79 Å². The molecule has 21 heavy (non-hydrogen) atoms. The predicted molar refractivity (Wildman–Crippen MR) is 77.4 cm³/mol. The van der Waals surface area contributed by atoms with Crippen LogP contribution in [0, 0.1) is 5.41 Å². The lowest BCUT2D eigenvalue weighted by Gasteiger charge is -2.40. The lowest BCUT2D eigenvalue weighted by molar-refractivity contribution is -0.134. The number of likely N-dealkylation sites (tertiary alicyclic amines) is 2. The average molecular weight is 292 g/mol. The molecule has 0 saturated carbocycles. The van der Waals surface area contributed by atoms with Gasteiger partial charge in [-0.05, 0) is 49.7 Å². The van der Waals surface area contributed by atoms with Crippen molar-refractivity contribution in [2.45, 2.75) is 38.6 Å². The lowest BCUT2D eigenvalue weighted by Crippen LogP contribution is -2.47. The van der Waals surface area contributed by atoms with Gasteiger partial charge in [0.25, 0.3) is 0 Å². The first-order valence-electron chi connectivity index (χ1n) is 7.84.